The third-order valence-corrected chi connectivity index (χ3v) is 4.73. The van der Waals surface area contributed by atoms with Crippen LogP contribution in [0.4, 0.5) is 15.9 Å². The molecule has 0 fully saturated rings. The summed E-state index contributed by atoms with van der Waals surface area (Å²) >= 11 is 4.63. The van der Waals surface area contributed by atoms with Crippen LogP contribution >= 0.6 is 27.7 Å². The first-order valence-corrected chi connectivity index (χ1v) is 9.77. The van der Waals surface area contributed by atoms with Crippen LogP contribution < -0.4 is 10.6 Å². The van der Waals surface area contributed by atoms with E-state index in [2.05, 4.69) is 36.8 Å². The van der Waals surface area contributed by atoms with E-state index in [1.807, 2.05) is 0 Å². The van der Waals surface area contributed by atoms with Gasteiger partial charge in [0.15, 0.2) is 5.82 Å². The van der Waals surface area contributed by atoms with Crippen molar-refractivity contribution in [3.63, 3.8) is 0 Å². The zero-order valence-corrected chi connectivity index (χ0v) is 16.5. The topological polar surface area (TPSA) is 84.0 Å². The monoisotopic (exact) mass is 440 g/mol. The van der Waals surface area contributed by atoms with Crippen molar-refractivity contribution in [2.45, 2.75) is 31.2 Å². The van der Waals surface area contributed by atoms with Crippen LogP contribution in [0.2, 0.25) is 0 Å². The molecule has 0 unspecified atom stereocenters. The molecule has 0 saturated heterocycles. The fourth-order valence-electron chi connectivity index (χ4n) is 1.91. The molecule has 0 aliphatic heterocycles. The first kappa shape index (κ1) is 20.3. The number of amides is 2. The molecular formula is C17H18BrFN4O2S. The van der Waals surface area contributed by atoms with Gasteiger partial charge in [-0.15, -0.1) is 22.0 Å². The minimum absolute atomic E-state index is 0.118. The van der Waals surface area contributed by atoms with Crippen molar-refractivity contribution in [1.29, 1.82) is 0 Å². The summed E-state index contributed by atoms with van der Waals surface area (Å²) in [6.07, 6.45) is 1.27. The SMILES string of the molecule is CCC(=O)Nc1ccc(SCCCC(=O)Nc2ccc(Br)cc2F)nn1. The molecule has 0 saturated carbocycles. The predicted molar refractivity (Wildman–Crippen MR) is 104 cm³/mol. The number of halogens is 2. The van der Waals surface area contributed by atoms with E-state index >= 15 is 0 Å². The van der Waals surface area contributed by atoms with Crippen LogP contribution in [-0.2, 0) is 9.59 Å². The second kappa shape index (κ2) is 10.2. The highest BCUT2D eigenvalue weighted by molar-refractivity contribution is 9.10. The molecular weight excluding hydrogens is 423 g/mol. The number of benzene rings is 1. The summed E-state index contributed by atoms with van der Waals surface area (Å²) in [7, 11) is 0. The van der Waals surface area contributed by atoms with Crippen LogP contribution in [0.5, 0.6) is 0 Å². The maximum atomic E-state index is 13.7. The summed E-state index contributed by atoms with van der Waals surface area (Å²) in [5.74, 6) is 0.249. The number of thioether (sulfide) groups is 1. The van der Waals surface area contributed by atoms with Gasteiger partial charge in [0.1, 0.15) is 10.8 Å². The first-order valence-electron chi connectivity index (χ1n) is 7.99. The summed E-state index contributed by atoms with van der Waals surface area (Å²) in [6, 6.07) is 7.93. The molecule has 2 aromatic rings. The molecule has 0 bridgehead atoms. The number of carbonyl (C=O) groups excluding carboxylic acids is 2. The van der Waals surface area contributed by atoms with Crippen molar-refractivity contribution in [1.82, 2.24) is 10.2 Å². The van der Waals surface area contributed by atoms with Crippen molar-refractivity contribution in [2.24, 2.45) is 0 Å². The Morgan fingerprint density at radius 3 is 2.62 bits per heavy atom. The molecule has 1 aromatic carbocycles. The van der Waals surface area contributed by atoms with Gasteiger partial charge in [-0.05, 0) is 36.8 Å². The lowest BCUT2D eigenvalue weighted by atomic mass is 10.2. The number of anilines is 2. The van der Waals surface area contributed by atoms with Crippen LogP contribution in [0.3, 0.4) is 0 Å². The largest absolute Gasteiger partial charge is 0.324 e. The number of hydrogen-bond donors (Lipinski definition) is 2. The average Bonchev–Trinajstić information content (AvgIpc) is 2.62. The minimum atomic E-state index is -0.479. The second-order valence-electron chi connectivity index (χ2n) is 5.28. The normalized spacial score (nSPS) is 10.4. The van der Waals surface area contributed by atoms with Crippen LogP contribution in [-0.4, -0.2) is 27.8 Å². The Hall–Kier alpha value is -2.00. The summed E-state index contributed by atoms with van der Waals surface area (Å²) in [6.45, 7) is 1.76. The maximum Gasteiger partial charge on any atom is 0.225 e. The molecule has 0 aliphatic carbocycles. The maximum absolute atomic E-state index is 13.7. The molecule has 1 aromatic heterocycles. The molecule has 0 atom stereocenters. The van der Waals surface area contributed by atoms with Gasteiger partial charge in [-0.2, -0.15) is 0 Å². The number of aromatic nitrogens is 2. The lowest BCUT2D eigenvalue weighted by Crippen LogP contribution is -2.12. The average molecular weight is 441 g/mol. The van der Waals surface area contributed by atoms with E-state index in [9.17, 15) is 14.0 Å². The quantitative estimate of drug-likeness (QED) is 0.473. The van der Waals surface area contributed by atoms with Crippen molar-refractivity contribution >= 4 is 51.0 Å². The van der Waals surface area contributed by atoms with Gasteiger partial charge in [-0.3, -0.25) is 9.59 Å². The zero-order valence-electron chi connectivity index (χ0n) is 14.1. The van der Waals surface area contributed by atoms with E-state index in [0.717, 1.165) is 0 Å². The Bertz CT molecular complexity index is 774. The van der Waals surface area contributed by atoms with E-state index in [-0.39, 0.29) is 23.9 Å². The molecule has 0 spiro atoms. The zero-order chi connectivity index (χ0) is 18.9. The lowest BCUT2D eigenvalue weighted by molar-refractivity contribution is -0.116. The van der Waals surface area contributed by atoms with E-state index < -0.39 is 5.82 Å². The first-order chi connectivity index (χ1) is 12.5. The van der Waals surface area contributed by atoms with Gasteiger partial charge in [0.25, 0.3) is 0 Å². The van der Waals surface area contributed by atoms with Crippen LogP contribution in [0, 0.1) is 5.82 Å². The van der Waals surface area contributed by atoms with Gasteiger partial charge in [-0.1, -0.05) is 22.9 Å². The number of nitrogens with zero attached hydrogens (tertiary/aromatic N) is 2. The molecule has 1 heterocycles. The fraction of sp³-hybridized carbons (Fsp3) is 0.294. The van der Waals surface area contributed by atoms with Gasteiger partial charge < -0.3 is 10.6 Å². The summed E-state index contributed by atoms with van der Waals surface area (Å²) in [5, 5.41) is 13.8. The Morgan fingerprint density at radius 1 is 1.15 bits per heavy atom. The third-order valence-electron chi connectivity index (χ3n) is 3.23. The third kappa shape index (κ3) is 6.72. The minimum Gasteiger partial charge on any atom is -0.324 e. The molecule has 0 aliphatic rings. The fourth-order valence-corrected chi connectivity index (χ4v) is 3.00. The highest BCUT2D eigenvalue weighted by atomic mass is 79.9. The van der Waals surface area contributed by atoms with Crippen molar-refractivity contribution in [3.8, 4) is 0 Å². The summed E-state index contributed by atoms with van der Waals surface area (Å²) in [5.41, 5.74) is 0.168. The Labute approximate surface area is 163 Å². The van der Waals surface area contributed by atoms with Crippen molar-refractivity contribution in [3.05, 3.63) is 40.6 Å². The molecule has 2 N–H and O–H groups in total. The van der Waals surface area contributed by atoms with E-state index in [4.69, 9.17) is 0 Å². The van der Waals surface area contributed by atoms with Crippen LogP contribution in [0.15, 0.2) is 39.8 Å². The van der Waals surface area contributed by atoms with Crippen molar-refractivity contribution in [2.75, 3.05) is 16.4 Å². The van der Waals surface area contributed by atoms with Gasteiger partial charge in [0.2, 0.25) is 11.8 Å². The molecule has 26 heavy (non-hydrogen) atoms. The lowest BCUT2D eigenvalue weighted by Gasteiger charge is -2.07. The summed E-state index contributed by atoms with van der Waals surface area (Å²) in [4.78, 5) is 23.1. The van der Waals surface area contributed by atoms with Crippen molar-refractivity contribution < 1.29 is 14.0 Å². The molecule has 0 radical (unpaired) electrons. The van der Waals surface area contributed by atoms with Gasteiger partial charge in [0, 0.05) is 23.1 Å². The van der Waals surface area contributed by atoms with E-state index in [1.165, 1.54) is 23.9 Å². The van der Waals surface area contributed by atoms with Crippen LogP contribution in [0.1, 0.15) is 26.2 Å². The van der Waals surface area contributed by atoms with Gasteiger partial charge in [0.05, 0.1) is 5.69 Å². The van der Waals surface area contributed by atoms with Crippen LogP contribution in [0.25, 0.3) is 0 Å². The van der Waals surface area contributed by atoms with Gasteiger partial charge >= 0.3 is 0 Å². The molecule has 2 amide bonds. The Balaban J connectivity index is 1.71. The number of hydrogen-bond acceptors (Lipinski definition) is 5. The van der Waals surface area contributed by atoms with E-state index in [0.29, 0.717) is 33.9 Å². The predicted octanol–water partition coefficient (Wildman–Crippen LogP) is 4.24. The molecule has 6 nitrogen and oxygen atoms in total. The Morgan fingerprint density at radius 2 is 1.96 bits per heavy atom. The highest BCUT2D eigenvalue weighted by Crippen LogP contribution is 2.20. The van der Waals surface area contributed by atoms with Gasteiger partial charge in [-0.25, -0.2) is 4.39 Å². The smallest absolute Gasteiger partial charge is 0.225 e. The highest BCUT2D eigenvalue weighted by Gasteiger charge is 2.08. The molecule has 138 valence electrons. The van der Waals surface area contributed by atoms with E-state index in [1.54, 1.807) is 25.1 Å². The summed E-state index contributed by atoms with van der Waals surface area (Å²) < 4.78 is 14.3. The second-order valence-corrected chi connectivity index (χ2v) is 7.31. The molecule has 9 heteroatoms. The number of carbonyl (C=O) groups is 2. The Kier molecular flexibility index (Phi) is 7.99. The number of nitrogens with one attached hydrogen (secondary N) is 2. The number of rotatable bonds is 8. The molecule has 2 rings (SSSR count). The standard InChI is InChI=1S/C17H18BrFN4O2S/c1-2-15(24)21-14-7-8-17(23-22-14)26-9-3-4-16(25)20-13-6-5-11(18)10-12(13)19/h5-8,10H,2-4,9H2,1H3,(H,20,25)(H,21,22,24).